The number of ether oxygens (including phenoxy) is 2. The van der Waals surface area contributed by atoms with Crippen LogP contribution in [-0.2, 0) is 19.1 Å². The van der Waals surface area contributed by atoms with E-state index in [1.165, 1.54) is 64.2 Å². The average Bonchev–Trinajstić information content (AvgIpc) is 2.77. The Morgan fingerprint density at radius 3 is 1.30 bits per heavy atom. The van der Waals surface area contributed by atoms with Crippen LogP contribution in [0.5, 0.6) is 0 Å². The van der Waals surface area contributed by atoms with Gasteiger partial charge in [-0.05, 0) is 25.7 Å². The molecule has 4 heteroatoms. The molecule has 2 unspecified atom stereocenters. The van der Waals surface area contributed by atoms with Crippen LogP contribution in [0.2, 0.25) is 0 Å². The van der Waals surface area contributed by atoms with Crippen LogP contribution < -0.4 is 0 Å². The van der Waals surface area contributed by atoms with Gasteiger partial charge in [-0.15, -0.1) is 0 Å². The minimum Gasteiger partial charge on any atom is -0.465 e. The average molecular weight is 425 g/mol. The van der Waals surface area contributed by atoms with Crippen LogP contribution in [-0.4, -0.2) is 25.2 Å². The molecule has 1 aliphatic carbocycles. The Bertz CT molecular complexity index is 435. The van der Waals surface area contributed by atoms with E-state index in [1.807, 2.05) is 0 Å². The zero-order chi connectivity index (χ0) is 21.9. The molecule has 0 aromatic rings. The third-order valence-electron chi connectivity index (χ3n) is 6.36. The van der Waals surface area contributed by atoms with Crippen molar-refractivity contribution >= 4 is 11.9 Å². The fourth-order valence-corrected chi connectivity index (χ4v) is 4.37. The molecule has 1 rings (SSSR count). The quantitative estimate of drug-likeness (QED) is 0.170. The van der Waals surface area contributed by atoms with Crippen molar-refractivity contribution in [3.8, 4) is 0 Å². The highest BCUT2D eigenvalue weighted by Gasteiger charge is 2.37. The number of carbonyl (C=O) groups excluding carboxylic acids is 2. The van der Waals surface area contributed by atoms with E-state index >= 15 is 0 Å². The molecule has 0 bridgehead atoms. The molecule has 176 valence electrons. The second-order valence-electron chi connectivity index (χ2n) is 9.08. The molecule has 30 heavy (non-hydrogen) atoms. The number of unbranched alkanes of at least 4 members (excludes halogenated alkanes) is 12. The molecule has 1 saturated carbocycles. The van der Waals surface area contributed by atoms with Crippen LogP contribution >= 0.6 is 0 Å². The largest absolute Gasteiger partial charge is 0.465 e. The minimum atomic E-state index is -0.301. The maximum absolute atomic E-state index is 12.6. The highest BCUT2D eigenvalue weighted by molar-refractivity contribution is 5.82. The lowest BCUT2D eigenvalue weighted by Crippen LogP contribution is -2.35. The molecule has 0 aromatic heterocycles. The van der Waals surface area contributed by atoms with Crippen LogP contribution in [0.3, 0.4) is 0 Å². The molecule has 0 aromatic carbocycles. The SMILES string of the molecule is CCCCCCCCCCCCOC(=O)C1CCCCC1C(=O)OCCCCCC. The lowest BCUT2D eigenvalue weighted by atomic mass is 9.79. The van der Waals surface area contributed by atoms with Crippen molar-refractivity contribution in [1.82, 2.24) is 0 Å². The predicted molar refractivity (Wildman–Crippen MR) is 123 cm³/mol. The van der Waals surface area contributed by atoms with Gasteiger partial charge >= 0.3 is 11.9 Å². The summed E-state index contributed by atoms with van der Waals surface area (Å²) in [6, 6.07) is 0. The predicted octanol–water partition coefficient (Wildman–Crippen LogP) is 7.38. The van der Waals surface area contributed by atoms with E-state index in [1.54, 1.807) is 0 Å². The number of rotatable bonds is 18. The molecule has 4 nitrogen and oxygen atoms in total. The van der Waals surface area contributed by atoms with Gasteiger partial charge in [-0.25, -0.2) is 0 Å². The van der Waals surface area contributed by atoms with Gasteiger partial charge in [0, 0.05) is 0 Å². The van der Waals surface area contributed by atoms with E-state index in [2.05, 4.69) is 13.8 Å². The summed E-state index contributed by atoms with van der Waals surface area (Å²) in [4.78, 5) is 25.0. The maximum atomic E-state index is 12.6. The third kappa shape index (κ3) is 12.6. The molecular weight excluding hydrogens is 376 g/mol. The van der Waals surface area contributed by atoms with Crippen molar-refractivity contribution in [3.63, 3.8) is 0 Å². The first kappa shape index (κ1) is 27.0. The van der Waals surface area contributed by atoms with E-state index in [-0.39, 0.29) is 23.8 Å². The normalized spacial score (nSPS) is 18.9. The first-order chi connectivity index (χ1) is 14.7. The van der Waals surface area contributed by atoms with Gasteiger partial charge in [0.15, 0.2) is 0 Å². The standard InChI is InChI=1S/C26H48O4/c1-3-5-7-9-10-11-12-13-14-18-22-30-26(28)24-20-16-15-19-23(24)25(27)29-21-17-8-6-4-2/h23-24H,3-22H2,1-2H3. The third-order valence-corrected chi connectivity index (χ3v) is 6.36. The van der Waals surface area contributed by atoms with Crippen LogP contribution in [0.15, 0.2) is 0 Å². The molecule has 1 aliphatic rings. The van der Waals surface area contributed by atoms with Crippen molar-refractivity contribution in [2.24, 2.45) is 11.8 Å². The van der Waals surface area contributed by atoms with Crippen LogP contribution in [0.25, 0.3) is 0 Å². The zero-order valence-electron chi connectivity index (χ0n) is 19.9. The lowest BCUT2D eigenvalue weighted by Gasteiger charge is -2.28. The first-order valence-corrected chi connectivity index (χ1v) is 13.0. The molecule has 0 N–H and O–H groups in total. The smallest absolute Gasteiger partial charge is 0.309 e. The molecule has 0 amide bonds. The van der Waals surface area contributed by atoms with Crippen molar-refractivity contribution < 1.29 is 19.1 Å². The Labute approximate surface area is 185 Å². The van der Waals surface area contributed by atoms with Crippen LogP contribution in [0, 0.1) is 11.8 Å². The van der Waals surface area contributed by atoms with E-state index in [9.17, 15) is 9.59 Å². The van der Waals surface area contributed by atoms with Crippen molar-refractivity contribution in [2.45, 2.75) is 129 Å². The molecule has 0 saturated heterocycles. The molecule has 1 fully saturated rings. The van der Waals surface area contributed by atoms with Gasteiger partial charge < -0.3 is 9.47 Å². The number of hydrogen-bond donors (Lipinski definition) is 0. The summed E-state index contributed by atoms with van der Waals surface area (Å²) in [5, 5.41) is 0. The Balaban J connectivity index is 2.14. The van der Waals surface area contributed by atoms with Crippen molar-refractivity contribution in [1.29, 1.82) is 0 Å². The van der Waals surface area contributed by atoms with Crippen LogP contribution in [0.1, 0.15) is 129 Å². The van der Waals surface area contributed by atoms with E-state index in [4.69, 9.17) is 9.47 Å². The van der Waals surface area contributed by atoms with E-state index in [0.717, 1.165) is 51.4 Å². The van der Waals surface area contributed by atoms with Gasteiger partial charge in [0.25, 0.3) is 0 Å². The summed E-state index contributed by atoms with van der Waals surface area (Å²) in [5.74, 6) is -0.971. The maximum Gasteiger partial charge on any atom is 0.309 e. The molecule has 0 radical (unpaired) electrons. The lowest BCUT2D eigenvalue weighted by molar-refractivity contribution is -0.163. The van der Waals surface area contributed by atoms with Gasteiger partial charge in [-0.1, -0.05) is 104 Å². The second kappa shape index (κ2) is 18.7. The van der Waals surface area contributed by atoms with Crippen molar-refractivity contribution in [2.75, 3.05) is 13.2 Å². The van der Waals surface area contributed by atoms with Gasteiger partial charge in [-0.2, -0.15) is 0 Å². The second-order valence-corrected chi connectivity index (χ2v) is 9.08. The highest BCUT2D eigenvalue weighted by Crippen LogP contribution is 2.32. The summed E-state index contributed by atoms with van der Waals surface area (Å²) in [7, 11) is 0. The molecule has 0 heterocycles. The number of esters is 2. The number of hydrogen-bond acceptors (Lipinski definition) is 4. The summed E-state index contributed by atoms with van der Waals surface area (Å²) < 4.78 is 11.0. The summed E-state index contributed by atoms with van der Waals surface area (Å²) in [6.07, 6.45) is 20.5. The Morgan fingerprint density at radius 2 is 0.900 bits per heavy atom. The topological polar surface area (TPSA) is 52.6 Å². The summed E-state index contributed by atoms with van der Waals surface area (Å²) in [5.41, 5.74) is 0. The first-order valence-electron chi connectivity index (χ1n) is 13.0. The monoisotopic (exact) mass is 424 g/mol. The molecule has 2 atom stereocenters. The summed E-state index contributed by atoms with van der Waals surface area (Å²) >= 11 is 0. The van der Waals surface area contributed by atoms with Gasteiger partial charge in [0.2, 0.25) is 0 Å². The van der Waals surface area contributed by atoms with Crippen molar-refractivity contribution in [3.05, 3.63) is 0 Å². The van der Waals surface area contributed by atoms with Gasteiger partial charge in [0.05, 0.1) is 25.0 Å². The minimum absolute atomic E-state index is 0.182. The van der Waals surface area contributed by atoms with E-state index < -0.39 is 0 Å². The Kier molecular flexibility index (Phi) is 16.8. The van der Waals surface area contributed by atoms with Gasteiger partial charge in [0.1, 0.15) is 0 Å². The Hall–Kier alpha value is -1.06. The molecular formula is C26H48O4. The fourth-order valence-electron chi connectivity index (χ4n) is 4.37. The van der Waals surface area contributed by atoms with Gasteiger partial charge in [-0.3, -0.25) is 9.59 Å². The summed E-state index contributed by atoms with van der Waals surface area (Å²) in [6.45, 7) is 5.39. The zero-order valence-corrected chi connectivity index (χ0v) is 19.9. The fraction of sp³-hybridized carbons (Fsp3) is 0.923. The number of carbonyl (C=O) groups is 2. The molecule has 0 spiro atoms. The Morgan fingerprint density at radius 1 is 0.567 bits per heavy atom. The molecule has 0 aliphatic heterocycles. The van der Waals surface area contributed by atoms with Crippen LogP contribution in [0.4, 0.5) is 0 Å². The van der Waals surface area contributed by atoms with E-state index in [0.29, 0.717) is 13.2 Å². The highest BCUT2D eigenvalue weighted by atomic mass is 16.5.